The van der Waals surface area contributed by atoms with Crippen LogP contribution < -0.4 is 11.1 Å². The van der Waals surface area contributed by atoms with Crippen LogP contribution in [0.25, 0.3) is 11.1 Å². The maximum atomic E-state index is 13.2. The van der Waals surface area contributed by atoms with Gasteiger partial charge in [-0.25, -0.2) is 12.8 Å². The van der Waals surface area contributed by atoms with E-state index in [1.165, 1.54) is 54.9 Å². The Hall–Kier alpha value is -3.75. The first kappa shape index (κ1) is 22.4. The minimum absolute atomic E-state index is 0.000868. The van der Waals surface area contributed by atoms with Crippen molar-refractivity contribution in [3.8, 4) is 11.1 Å². The van der Waals surface area contributed by atoms with E-state index in [2.05, 4.69) is 10.3 Å². The van der Waals surface area contributed by atoms with E-state index in [1.807, 2.05) is 0 Å². The highest BCUT2D eigenvalue weighted by Crippen LogP contribution is 2.28. The molecule has 0 aliphatic heterocycles. The topological polar surface area (TPSA) is 102 Å². The fourth-order valence-electron chi connectivity index (χ4n) is 3.14. The predicted molar refractivity (Wildman–Crippen MR) is 125 cm³/mol. The first-order valence-corrected chi connectivity index (χ1v) is 11.5. The monoisotopic (exact) mass is 481 g/mol. The summed E-state index contributed by atoms with van der Waals surface area (Å²) < 4.78 is 38.7. The number of nitrogens with one attached hydrogen (secondary N) is 1. The first-order valence-electron chi connectivity index (χ1n) is 9.66. The second-order valence-electron chi connectivity index (χ2n) is 7.13. The van der Waals surface area contributed by atoms with Gasteiger partial charge in [-0.3, -0.25) is 9.78 Å². The highest BCUT2D eigenvalue weighted by molar-refractivity contribution is 7.91. The molecule has 1 amide bonds. The summed E-state index contributed by atoms with van der Waals surface area (Å²) in [7, 11) is -3.83. The van der Waals surface area contributed by atoms with Crippen LogP contribution in [0, 0.1) is 5.82 Å². The zero-order valence-corrected chi connectivity index (χ0v) is 18.6. The molecule has 1 aromatic heterocycles. The number of nitrogen functional groups attached to an aromatic ring is 1. The predicted octanol–water partition coefficient (Wildman–Crippen LogP) is 5.21. The molecule has 0 saturated carbocycles. The quantitative estimate of drug-likeness (QED) is 0.381. The number of rotatable bonds is 5. The summed E-state index contributed by atoms with van der Waals surface area (Å²) >= 11 is 5.85. The number of halogens is 2. The minimum Gasteiger partial charge on any atom is -0.397 e. The standard InChI is InChI=1S/C24H17ClFN3O3S/c25-18-12-21(14-28-13-18)33(31,32)20-8-3-16(4-9-20)24(30)29-23-11-17(5-10-22(23)27)15-1-6-19(26)7-2-15/h1-14H,27H2,(H,29,30). The van der Waals surface area contributed by atoms with Gasteiger partial charge in [0.05, 0.1) is 26.2 Å². The number of benzene rings is 3. The van der Waals surface area contributed by atoms with Crippen LogP contribution >= 0.6 is 11.6 Å². The van der Waals surface area contributed by atoms with E-state index < -0.39 is 15.7 Å². The molecular weight excluding hydrogens is 465 g/mol. The lowest BCUT2D eigenvalue weighted by molar-refractivity contribution is 0.102. The van der Waals surface area contributed by atoms with Crippen LogP contribution in [-0.4, -0.2) is 19.3 Å². The van der Waals surface area contributed by atoms with Gasteiger partial charge in [-0.15, -0.1) is 0 Å². The van der Waals surface area contributed by atoms with E-state index in [9.17, 15) is 17.6 Å². The van der Waals surface area contributed by atoms with E-state index in [4.69, 9.17) is 17.3 Å². The lowest BCUT2D eigenvalue weighted by atomic mass is 10.0. The lowest BCUT2D eigenvalue weighted by Crippen LogP contribution is -2.13. The van der Waals surface area contributed by atoms with Crippen molar-refractivity contribution >= 4 is 38.7 Å². The van der Waals surface area contributed by atoms with Crippen LogP contribution in [0.1, 0.15) is 10.4 Å². The van der Waals surface area contributed by atoms with Crippen LogP contribution in [0.3, 0.4) is 0 Å². The Balaban J connectivity index is 1.56. The fraction of sp³-hybridized carbons (Fsp3) is 0. The van der Waals surface area contributed by atoms with Gasteiger partial charge >= 0.3 is 0 Å². The number of nitrogens with two attached hydrogens (primary N) is 1. The number of aromatic nitrogens is 1. The van der Waals surface area contributed by atoms with Crippen molar-refractivity contribution < 1.29 is 17.6 Å². The second kappa shape index (κ2) is 9.01. The van der Waals surface area contributed by atoms with E-state index >= 15 is 0 Å². The van der Waals surface area contributed by atoms with E-state index in [1.54, 1.807) is 30.3 Å². The molecule has 4 rings (SSSR count). The zero-order valence-electron chi connectivity index (χ0n) is 17.0. The van der Waals surface area contributed by atoms with Crippen LogP contribution in [0.2, 0.25) is 5.02 Å². The van der Waals surface area contributed by atoms with E-state index in [-0.39, 0.29) is 26.2 Å². The van der Waals surface area contributed by atoms with E-state index in [0.717, 1.165) is 11.1 Å². The molecule has 0 aliphatic rings. The van der Waals surface area contributed by atoms with Gasteiger partial charge in [0.2, 0.25) is 9.84 Å². The molecule has 0 bridgehead atoms. The number of hydrogen-bond acceptors (Lipinski definition) is 5. The molecule has 0 fully saturated rings. The second-order valence-corrected chi connectivity index (χ2v) is 9.52. The third-order valence-corrected chi connectivity index (χ3v) is 6.84. The van der Waals surface area contributed by atoms with Crippen LogP contribution in [-0.2, 0) is 9.84 Å². The molecule has 4 aromatic rings. The molecule has 0 radical (unpaired) electrons. The molecule has 0 spiro atoms. The maximum absolute atomic E-state index is 13.2. The van der Waals surface area contributed by atoms with Crippen molar-refractivity contribution in [2.75, 3.05) is 11.1 Å². The smallest absolute Gasteiger partial charge is 0.255 e. The molecular formula is C24H17ClFN3O3S. The molecule has 0 saturated heterocycles. The van der Waals surface area contributed by atoms with Crippen LogP contribution in [0.4, 0.5) is 15.8 Å². The van der Waals surface area contributed by atoms with Gasteiger partial charge in [0.1, 0.15) is 5.82 Å². The van der Waals surface area contributed by atoms with Crippen LogP contribution in [0.15, 0.2) is 95.0 Å². The van der Waals surface area contributed by atoms with Crippen molar-refractivity contribution in [1.82, 2.24) is 4.98 Å². The number of nitrogens with zero attached hydrogens (tertiary/aromatic N) is 1. The molecule has 0 atom stereocenters. The van der Waals surface area contributed by atoms with Gasteiger partial charge in [-0.05, 0) is 65.7 Å². The third kappa shape index (κ3) is 4.87. The number of pyridine rings is 1. The van der Waals surface area contributed by atoms with Crippen molar-refractivity contribution in [1.29, 1.82) is 0 Å². The average molecular weight is 482 g/mol. The molecule has 9 heteroatoms. The number of anilines is 2. The summed E-state index contributed by atoms with van der Waals surface area (Å²) in [5.41, 5.74) is 8.48. The van der Waals surface area contributed by atoms with Crippen molar-refractivity contribution in [3.63, 3.8) is 0 Å². The molecule has 0 unspecified atom stereocenters. The van der Waals surface area contributed by atoms with Gasteiger partial charge in [0.15, 0.2) is 0 Å². The van der Waals surface area contributed by atoms with Gasteiger partial charge in [-0.1, -0.05) is 29.8 Å². The van der Waals surface area contributed by atoms with Gasteiger partial charge in [0.25, 0.3) is 5.91 Å². The molecule has 0 aliphatic carbocycles. The average Bonchev–Trinajstić information content (AvgIpc) is 2.81. The van der Waals surface area contributed by atoms with Crippen molar-refractivity contribution in [2.45, 2.75) is 9.79 Å². The molecule has 6 nitrogen and oxygen atoms in total. The zero-order chi connectivity index (χ0) is 23.6. The minimum atomic E-state index is -3.83. The summed E-state index contributed by atoms with van der Waals surface area (Å²) in [5, 5.41) is 2.93. The van der Waals surface area contributed by atoms with Gasteiger partial charge in [-0.2, -0.15) is 0 Å². The van der Waals surface area contributed by atoms with Crippen LogP contribution in [0.5, 0.6) is 0 Å². The third-order valence-electron chi connectivity index (χ3n) is 4.90. The number of carbonyl (C=O) groups excluding carboxylic acids is 1. The van der Waals surface area contributed by atoms with Gasteiger partial charge in [0, 0.05) is 18.0 Å². The molecule has 3 aromatic carbocycles. The Morgan fingerprint density at radius 3 is 2.21 bits per heavy atom. The Morgan fingerprint density at radius 2 is 1.55 bits per heavy atom. The number of carbonyl (C=O) groups is 1. The normalized spacial score (nSPS) is 11.2. The largest absolute Gasteiger partial charge is 0.397 e. The summed E-state index contributed by atoms with van der Waals surface area (Å²) in [5.74, 6) is -0.814. The van der Waals surface area contributed by atoms with E-state index in [0.29, 0.717) is 11.4 Å². The summed E-state index contributed by atoms with van der Waals surface area (Å²) in [6.07, 6.45) is 2.55. The molecule has 33 heavy (non-hydrogen) atoms. The Bertz CT molecular complexity index is 1440. The Kier molecular flexibility index (Phi) is 6.13. The molecule has 166 valence electrons. The maximum Gasteiger partial charge on any atom is 0.255 e. The Morgan fingerprint density at radius 1 is 0.879 bits per heavy atom. The number of sulfone groups is 1. The van der Waals surface area contributed by atoms with Gasteiger partial charge < -0.3 is 11.1 Å². The highest BCUT2D eigenvalue weighted by Gasteiger charge is 2.19. The summed E-state index contributed by atoms with van der Waals surface area (Å²) in [6, 6.07) is 17.8. The molecule has 3 N–H and O–H groups in total. The SMILES string of the molecule is Nc1ccc(-c2ccc(F)cc2)cc1NC(=O)c1ccc(S(=O)(=O)c2cncc(Cl)c2)cc1. The summed E-state index contributed by atoms with van der Waals surface area (Å²) in [6.45, 7) is 0. The Labute approximate surface area is 194 Å². The number of amides is 1. The fourth-order valence-corrected chi connectivity index (χ4v) is 4.63. The first-order chi connectivity index (χ1) is 15.7. The van der Waals surface area contributed by atoms with Crippen molar-refractivity contribution in [3.05, 3.63) is 102 Å². The molecule has 1 heterocycles. The summed E-state index contributed by atoms with van der Waals surface area (Å²) in [4.78, 5) is 16.5. The highest BCUT2D eigenvalue weighted by atomic mass is 35.5. The van der Waals surface area contributed by atoms with Crippen molar-refractivity contribution in [2.24, 2.45) is 0 Å². The lowest BCUT2D eigenvalue weighted by Gasteiger charge is -2.11. The number of hydrogen-bond donors (Lipinski definition) is 2.